The van der Waals surface area contributed by atoms with E-state index in [0.717, 1.165) is 0 Å². The van der Waals surface area contributed by atoms with Crippen LogP contribution in [0.5, 0.6) is 0 Å². The van der Waals surface area contributed by atoms with Gasteiger partial charge in [-0.25, -0.2) is 0 Å². The monoisotopic (exact) mass is 269 g/mol. The van der Waals surface area contributed by atoms with Gasteiger partial charge in [-0.05, 0) is 25.2 Å². The smallest absolute Gasteiger partial charge is 0.241 e. The van der Waals surface area contributed by atoms with Gasteiger partial charge in [-0.1, -0.05) is 19.8 Å². The van der Waals surface area contributed by atoms with E-state index in [1.807, 2.05) is 13.8 Å². The van der Waals surface area contributed by atoms with E-state index in [9.17, 15) is 4.79 Å². The second-order valence-electron chi connectivity index (χ2n) is 4.89. The van der Waals surface area contributed by atoms with Crippen LogP contribution in [0.4, 0.5) is 0 Å². The average molecular weight is 270 g/mol. The maximum atomic E-state index is 12.2. The predicted molar refractivity (Wildman–Crippen MR) is 72.8 cm³/mol. The molecular formula is C13H20ClN3O. The van der Waals surface area contributed by atoms with Crippen molar-refractivity contribution < 1.29 is 4.79 Å². The minimum atomic E-state index is -0.556. The Labute approximate surface area is 115 Å². The van der Waals surface area contributed by atoms with Crippen LogP contribution in [0.2, 0.25) is 0 Å². The number of nitrogens with two attached hydrogens (primary N) is 1. The molecule has 1 aliphatic rings. The Morgan fingerprint density at radius 1 is 1.50 bits per heavy atom. The topological polar surface area (TPSA) is 70.1 Å². The molecule has 0 saturated carbocycles. The van der Waals surface area contributed by atoms with Crippen LogP contribution in [0, 0.1) is 29.6 Å². The molecule has 1 fully saturated rings. The molecule has 1 heterocycles. The molecule has 0 aromatic carbocycles. The zero-order valence-electron chi connectivity index (χ0n) is 10.8. The maximum Gasteiger partial charge on any atom is 0.241 e. The van der Waals surface area contributed by atoms with E-state index in [-0.39, 0.29) is 24.4 Å². The fraction of sp³-hybridized carbons (Fsp3) is 0.692. The lowest BCUT2D eigenvalue weighted by Crippen LogP contribution is -2.49. The van der Waals surface area contributed by atoms with Crippen LogP contribution in [-0.4, -0.2) is 28.9 Å². The largest absolute Gasteiger partial charge is 0.320 e. The molecule has 18 heavy (non-hydrogen) atoms. The molecule has 0 bridgehead atoms. The highest BCUT2D eigenvalue weighted by molar-refractivity contribution is 5.85. The summed E-state index contributed by atoms with van der Waals surface area (Å²) in [6.07, 6.45) is 7.34. The van der Waals surface area contributed by atoms with Crippen molar-refractivity contribution >= 4 is 18.3 Å². The van der Waals surface area contributed by atoms with E-state index in [4.69, 9.17) is 17.4 Å². The minimum absolute atomic E-state index is 0. The first-order valence-corrected chi connectivity index (χ1v) is 5.94. The molecule has 4 nitrogen and oxygen atoms in total. The third kappa shape index (κ3) is 3.63. The molecule has 5 heteroatoms. The summed E-state index contributed by atoms with van der Waals surface area (Å²) in [5, 5.41) is 9.01. The van der Waals surface area contributed by atoms with E-state index in [1.54, 1.807) is 0 Å². The third-order valence-corrected chi connectivity index (χ3v) is 3.02. The number of terminal acetylenes is 1. The molecule has 0 aliphatic carbocycles. The summed E-state index contributed by atoms with van der Waals surface area (Å²) < 4.78 is 0. The van der Waals surface area contributed by atoms with Crippen LogP contribution < -0.4 is 5.73 Å². The molecule has 0 spiro atoms. The summed E-state index contributed by atoms with van der Waals surface area (Å²) in [5.41, 5.74) is 5.86. The standard InChI is InChI=1S/C13H19N3O.ClH/c1-4-10-5-6-11(8-14)16(10)13(17)12(15)7-9(2)3;/h1,9-12H,5-7,15H2,2-3H3;1H/t10-,11-,12-;/m0./s1. The molecule has 2 N–H and O–H groups in total. The van der Waals surface area contributed by atoms with Crippen molar-refractivity contribution in [2.45, 2.75) is 51.2 Å². The molecule has 1 rings (SSSR count). The van der Waals surface area contributed by atoms with Crippen molar-refractivity contribution in [3.8, 4) is 18.4 Å². The molecule has 1 aliphatic heterocycles. The fourth-order valence-corrected chi connectivity index (χ4v) is 2.21. The number of hydrogen-bond donors (Lipinski definition) is 1. The molecule has 100 valence electrons. The van der Waals surface area contributed by atoms with Crippen LogP contribution in [0.25, 0.3) is 0 Å². The molecule has 0 aromatic heterocycles. The second kappa shape index (κ2) is 7.26. The Morgan fingerprint density at radius 2 is 2.06 bits per heavy atom. The number of rotatable bonds is 3. The summed E-state index contributed by atoms with van der Waals surface area (Å²) in [5.74, 6) is 2.73. The number of likely N-dealkylation sites (tertiary alicyclic amines) is 1. The number of hydrogen-bond acceptors (Lipinski definition) is 3. The molecule has 1 saturated heterocycles. The Bertz CT molecular complexity index is 347. The minimum Gasteiger partial charge on any atom is -0.320 e. The third-order valence-electron chi connectivity index (χ3n) is 3.02. The highest BCUT2D eigenvalue weighted by Gasteiger charge is 2.38. The van der Waals surface area contributed by atoms with Gasteiger partial charge in [-0.2, -0.15) is 5.26 Å². The van der Waals surface area contributed by atoms with Crippen LogP contribution in [-0.2, 0) is 4.79 Å². The highest BCUT2D eigenvalue weighted by Crippen LogP contribution is 2.24. The fourth-order valence-electron chi connectivity index (χ4n) is 2.21. The average Bonchev–Trinajstić information content (AvgIpc) is 2.69. The van der Waals surface area contributed by atoms with E-state index in [1.165, 1.54) is 4.90 Å². The Morgan fingerprint density at radius 3 is 2.50 bits per heavy atom. The molecule has 1 amide bonds. The summed E-state index contributed by atoms with van der Waals surface area (Å²) in [7, 11) is 0. The lowest BCUT2D eigenvalue weighted by atomic mass is 10.0. The van der Waals surface area contributed by atoms with E-state index in [2.05, 4.69) is 12.0 Å². The molecule has 0 unspecified atom stereocenters. The predicted octanol–water partition coefficient (Wildman–Crippen LogP) is 1.30. The van der Waals surface area contributed by atoms with Crippen molar-refractivity contribution in [2.24, 2.45) is 11.7 Å². The van der Waals surface area contributed by atoms with Gasteiger partial charge in [0.25, 0.3) is 0 Å². The second-order valence-corrected chi connectivity index (χ2v) is 4.89. The molecule has 0 aromatic rings. The van der Waals surface area contributed by atoms with Crippen molar-refractivity contribution in [1.82, 2.24) is 4.90 Å². The quantitative estimate of drug-likeness (QED) is 0.785. The first kappa shape index (κ1) is 16.8. The summed E-state index contributed by atoms with van der Waals surface area (Å²) >= 11 is 0. The number of carbonyl (C=O) groups excluding carboxylic acids is 1. The van der Waals surface area contributed by atoms with Gasteiger partial charge in [-0.3, -0.25) is 4.79 Å². The van der Waals surface area contributed by atoms with Gasteiger partial charge in [0.1, 0.15) is 6.04 Å². The van der Waals surface area contributed by atoms with Crippen molar-refractivity contribution in [2.75, 3.05) is 0 Å². The van der Waals surface area contributed by atoms with Crippen molar-refractivity contribution in [3.63, 3.8) is 0 Å². The van der Waals surface area contributed by atoms with Gasteiger partial charge in [0.05, 0.1) is 18.2 Å². The zero-order valence-corrected chi connectivity index (χ0v) is 11.6. The summed E-state index contributed by atoms with van der Waals surface area (Å²) in [6.45, 7) is 4.02. The zero-order chi connectivity index (χ0) is 13.0. The first-order valence-electron chi connectivity index (χ1n) is 5.94. The molecular weight excluding hydrogens is 250 g/mol. The first-order chi connectivity index (χ1) is 8.01. The van der Waals surface area contributed by atoms with Gasteiger partial charge in [0, 0.05) is 0 Å². The van der Waals surface area contributed by atoms with E-state index in [0.29, 0.717) is 25.2 Å². The number of nitriles is 1. The van der Waals surface area contributed by atoms with Crippen molar-refractivity contribution in [1.29, 1.82) is 5.26 Å². The van der Waals surface area contributed by atoms with Gasteiger partial charge in [0.2, 0.25) is 5.91 Å². The normalized spacial score (nSPS) is 24.0. The van der Waals surface area contributed by atoms with Gasteiger partial charge in [0.15, 0.2) is 0 Å². The van der Waals surface area contributed by atoms with Crippen LogP contribution in [0.1, 0.15) is 33.1 Å². The van der Waals surface area contributed by atoms with Crippen molar-refractivity contribution in [3.05, 3.63) is 0 Å². The maximum absolute atomic E-state index is 12.2. The number of halogens is 1. The number of nitrogens with zero attached hydrogens (tertiary/aromatic N) is 2. The van der Waals surface area contributed by atoms with Crippen LogP contribution >= 0.6 is 12.4 Å². The lowest BCUT2D eigenvalue weighted by Gasteiger charge is -2.27. The SMILES string of the molecule is C#C[C@H]1CC[C@@H](C#N)N1C(=O)[C@@H](N)CC(C)C.Cl. The van der Waals surface area contributed by atoms with Crippen LogP contribution in [0.15, 0.2) is 0 Å². The van der Waals surface area contributed by atoms with E-state index >= 15 is 0 Å². The Kier molecular flexibility index (Phi) is 6.76. The lowest BCUT2D eigenvalue weighted by molar-refractivity contribution is -0.134. The van der Waals surface area contributed by atoms with E-state index < -0.39 is 12.1 Å². The van der Waals surface area contributed by atoms with Gasteiger partial charge < -0.3 is 10.6 Å². The Balaban J connectivity index is 0.00000289. The number of amides is 1. The Hall–Kier alpha value is -1.23. The van der Waals surface area contributed by atoms with Gasteiger partial charge >= 0.3 is 0 Å². The summed E-state index contributed by atoms with van der Waals surface area (Å²) in [4.78, 5) is 13.7. The molecule has 3 atom stereocenters. The summed E-state index contributed by atoms with van der Waals surface area (Å²) in [6, 6.07) is 0.878. The number of carbonyl (C=O) groups is 1. The molecule has 0 radical (unpaired) electrons. The van der Waals surface area contributed by atoms with Gasteiger partial charge in [-0.15, -0.1) is 18.8 Å². The highest BCUT2D eigenvalue weighted by atomic mass is 35.5. The van der Waals surface area contributed by atoms with Crippen LogP contribution in [0.3, 0.4) is 0 Å².